The second kappa shape index (κ2) is 4.53. The van der Waals surface area contributed by atoms with Gasteiger partial charge in [-0.2, -0.15) is 0 Å². The number of ether oxygens (including phenoxy) is 1. The van der Waals surface area contributed by atoms with Gasteiger partial charge >= 0.3 is 5.97 Å². The third-order valence-electron chi connectivity index (χ3n) is 3.00. The summed E-state index contributed by atoms with van der Waals surface area (Å²) in [5, 5.41) is 8.99. The maximum atomic E-state index is 11.0. The van der Waals surface area contributed by atoms with Crippen LogP contribution in [0, 0.1) is 0 Å². The number of rotatable bonds is 4. The fraction of sp³-hybridized carbons (Fsp3) is 0.462. The second-order valence-electron chi connectivity index (χ2n) is 5.00. The molecule has 1 aromatic carbocycles. The SMILES string of the molecule is CC(C)(Oc1ccc(C2CC2(Br)Br)cc1)C(=O)O. The van der Waals surface area contributed by atoms with Crippen molar-refractivity contribution in [2.24, 2.45) is 0 Å². The molecule has 0 spiro atoms. The first-order valence-electron chi connectivity index (χ1n) is 5.62. The Labute approximate surface area is 123 Å². The second-order valence-corrected chi connectivity index (χ2v) is 8.90. The summed E-state index contributed by atoms with van der Waals surface area (Å²) in [6.45, 7) is 3.07. The Balaban J connectivity index is 2.07. The van der Waals surface area contributed by atoms with Crippen molar-refractivity contribution in [3.05, 3.63) is 29.8 Å². The Morgan fingerprint density at radius 3 is 2.28 bits per heavy atom. The molecule has 1 aliphatic carbocycles. The summed E-state index contributed by atoms with van der Waals surface area (Å²) in [5.74, 6) is 0.0503. The number of carboxylic acid groups (broad SMARTS) is 1. The van der Waals surface area contributed by atoms with E-state index in [2.05, 4.69) is 31.9 Å². The first-order chi connectivity index (χ1) is 8.22. The van der Waals surface area contributed by atoms with E-state index in [0.717, 1.165) is 6.42 Å². The number of aliphatic carboxylic acids is 1. The van der Waals surface area contributed by atoms with Gasteiger partial charge in [0.1, 0.15) is 5.75 Å². The summed E-state index contributed by atoms with van der Waals surface area (Å²) in [4.78, 5) is 11.0. The molecule has 0 radical (unpaired) electrons. The first-order valence-corrected chi connectivity index (χ1v) is 7.21. The predicted octanol–water partition coefficient (Wildman–Crippen LogP) is 3.90. The maximum absolute atomic E-state index is 11.0. The Hall–Kier alpha value is -0.550. The minimum absolute atomic E-state index is 0.0305. The van der Waals surface area contributed by atoms with Crippen molar-refractivity contribution >= 4 is 37.8 Å². The van der Waals surface area contributed by atoms with Crippen LogP contribution in [-0.2, 0) is 4.79 Å². The number of hydrogen-bond acceptors (Lipinski definition) is 2. The minimum atomic E-state index is -1.21. The highest BCUT2D eigenvalue weighted by Gasteiger charge is 2.50. The van der Waals surface area contributed by atoms with Crippen molar-refractivity contribution in [3.8, 4) is 5.75 Å². The lowest BCUT2D eigenvalue weighted by molar-refractivity contribution is -0.152. The molecule has 0 heterocycles. The molecule has 1 fully saturated rings. The van der Waals surface area contributed by atoms with E-state index in [0.29, 0.717) is 11.7 Å². The standard InChI is InChI=1S/C13H14Br2O3/c1-12(2,11(16)17)18-9-5-3-8(4-6-9)10-7-13(10,14)15/h3-6,10H,7H2,1-2H3,(H,16,17). The third-order valence-corrected chi connectivity index (χ3v) is 4.75. The lowest BCUT2D eigenvalue weighted by Gasteiger charge is -2.21. The molecule has 3 nitrogen and oxygen atoms in total. The molecule has 5 heteroatoms. The van der Waals surface area contributed by atoms with Gasteiger partial charge in [-0.3, -0.25) is 0 Å². The summed E-state index contributed by atoms with van der Waals surface area (Å²) < 4.78 is 5.48. The number of carbonyl (C=O) groups is 1. The number of benzene rings is 1. The normalized spacial score (nSPS) is 21.4. The topological polar surface area (TPSA) is 46.5 Å². The van der Waals surface area contributed by atoms with E-state index in [4.69, 9.17) is 9.84 Å². The van der Waals surface area contributed by atoms with Crippen LogP contribution in [0.2, 0.25) is 0 Å². The van der Waals surface area contributed by atoms with Gasteiger partial charge in [-0.15, -0.1) is 0 Å². The van der Waals surface area contributed by atoms with Crippen molar-refractivity contribution in [2.75, 3.05) is 0 Å². The largest absolute Gasteiger partial charge is 0.478 e. The summed E-state index contributed by atoms with van der Waals surface area (Å²) in [6, 6.07) is 7.58. The molecule has 18 heavy (non-hydrogen) atoms. The highest BCUT2D eigenvalue weighted by molar-refractivity contribution is 9.25. The van der Waals surface area contributed by atoms with Gasteiger partial charge in [0.2, 0.25) is 0 Å². The number of halogens is 2. The van der Waals surface area contributed by atoms with Crippen LogP contribution >= 0.6 is 31.9 Å². The zero-order valence-electron chi connectivity index (χ0n) is 10.1. The van der Waals surface area contributed by atoms with Crippen molar-refractivity contribution in [1.29, 1.82) is 0 Å². The molecule has 98 valence electrons. The van der Waals surface area contributed by atoms with Gasteiger partial charge in [0.15, 0.2) is 5.60 Å². The molecule has 0 bridgehead atoms. The van der Waals surface area contributed by atoms with Crippen LogP contribution < -0.4 is 4.74 Å². The van der Waals surface area contributed by atoms with Gasteiger partial charge < -0.3 is 9.84 Å². The molecule has 1 unspecified atom stereocenters. The Kier molecular flexibility index (Phi) is 3.49. The number of carboxylic acids is 1. The molecule has 1 saturated carbocycles. The molecular weight excluding hydrogens is 364 g/mol. The fourth-order valence-corrected chi connectivity index (χ4v) is 2.86. The minimum Gasteiger partial charge on any atom is -0.478 e. The van der Waals surface area contributed by atoms with Gasteiger partial charge in [0.05, 0.1) is 3.23 Å². The zero-order valence-corrected chi connectivity index (χ0v) is 13.3. The summed E-state index contributed by atoms with van der Waals surface area (Å²) in [7, 11) is 0. The average Bonchev–Trinajstić information content (AvgIpc) is 2.88. The highest BCUT2D eigenvalue weighted by atomic mass is 79.9. The van der Waals surface area contributed by atoms with Crippen LogP contribution in [0.4, 0.5) is 0 Å². The van der Waals surface area contributed by atoms with Crippen LogP contribution in [0.15, 0.2) is 24.3 Å². The van der Waals surface area contributed by atoms with Gasteiger partial charge in [-0.1, -0.05) is 44.0 Å². The maximum Gasteiger partial charge on any atom is 0.347 e. The van der Waals surface area contributed by atoms with Crippen LogP contribution in [0.1, 0.15) is 31.7 Å². The van der Waals surface area contributed by atoms with Crippen molar-refractivity contribution < 1.29 is 14.6 Å². The average molecular weight is 378 g/mol. The van der Waals surface area contributed by atoms with Crippen LogP contribution in [0.3, 0.4) is 0 Å². The molecule has 0 amide bonds. The van der Waals surface area contributed by atoms with E-state index in [1.807, 2.05) is 24.3 Å². The molecule has 1 N–H and O–H groups in total. The van der Waals surface area contributed by atoms with E-state index < -0.39 is 11.6 Å². The molecule has 0 saturated heterocycles. The predicted molar refractivity (Wildman–Crippen MR) is 76.7 cm³/mol. The Morgan fingerprint density at radius 2 is 1.89 bits per heavy atom. The van der Waals surface area contributed by atoms with Crippen LogP contribution in [0.25, 0.3) is 0 Å². The molecule has 0 aromatic heterocycles. The van der Waals surface area contributed by atoms with E-state index in [1.54, 1.807) is 0 Å². The summed E-state index contributed by atoms with van der Waals surface area (Å²) in [5.41, 5.74) is -0.000347. The monoisotopic (exact) mass is 376 g/mol. The zero-order chi connectivity index (χ0) is 13.6. The molecule has 0 aliphatic heterocycles. The van der Waals surface area contributed by atoms with Gasteiger partial charge in [-0.25, -0.2) is 4.79 Å². The van der Waals surface area contributed by atoms with Crippen molar-refractivity contribution in [3.63, 3.8) is 0 Å². The van der Waals surface area contributed by atoms with Gasteiger partial charge in [-0.05, 0) is 38.0 Å². The lowest BCUT2D eigenvalue weighted by Crippen LogP contribution is -2.37. The first kappa shape index (κ1) is 13.9. The van der Waals surface area contributed by atoms with E-state index >= 15 is 0 Å². The molecular formula is C13H14Br2O3. The van der Waals surface area contributed by atoms with E-state index in [9.17, 15) is 4.79 Å². The van der Waals surface area contributed by atoms with Gasteiger partial charge in [0, 0.05) is 5.92 Å². The van der Waals surface area contributed by atoms with Crippen LogP contribution in [-0.4, -0.2) is 19.9 Å². The molecule has 1 atom stereocenters. The molecule has 1 aromatic rings. The highest BCUT2D eigenvalue weighted by Crippen LogP contribution is 2.62. The summed E-state index contributed by atoms with van der Waals surface area (Å²) >= 11 is 7.17. The summed E-state index contributed by atoms with van der Waals surface area (Å²) in [6.07, 6.45) is 1.05. The van der Waals surface area contributed by atoms with Crippen molar-refractivity contribution in [2.45, 2.75) is 35.0 Å². The number of alkyl halides is 2. The molecule has 2 rings (SSSR count). The van der Waals surface area contributed by atoms with Gasteiger partial charge in [0.25, 0.3) is 0 Å². The fourth-order valence-electron chi connectivity index (χ4n) is 1.68. The molecule has 1 aliphatic rings. The Morgan fingerprint density at radius 1 is 1.39 bits per heavy atom. The Bertz CT molecular complexity index is 466. The quantitative estimate of drug-likeness (QED) is 0.809. The van der Waals surface area contributed by atoms with Crippen LogP contribution in [0.5, 0.6) is 5.75 Å². The van der Waals surface area contributed by atoms with E-state index in [1.165, 1.54) is 19.4 Å². The lowest BCUT2D eigenvalue weighted by atomic mass is 10.1. The van der Waals surface area contributed by atoms with Crippen molar-refractivity contribution in [1.82, 2.24) is 0 Å². The van der Waals surface area contributed by atoms with E-state index in [-0.39, 0.29) is 3.23 Å². The third kappa shape index (κ3) is 2.88. The number of hydrogen-bond donors (Lipinski definition) is 1. The smallest absolute Gasteiger partial charge is 0.347 e.